The molecule has 1 heterocycles. The van der Waals surface area contributed by atoms with Gasteiger partial charge in [-0.3, -0.25) is 9.78 Å². The maximum Gasteiger partial charge on any atom is 0.461 e. The van der Waals surface area contributed by atoms with Crippen LogP contribution in [0.15, 0.2) is 27.4 Å². The van der Waals surface area contributed by atoms with Crippen molar-refractivity contribution in [1.29, 1.82) is 0 Å². The highest BCUT2D eigenvalue weighted by atomic mass is 19.4. The van der Waals surface area contributed by atoms with E-state index in [0.29, 0.717) is 6.07 Å². The molecule has 1 aromatic carbocycles. The number of H-pyrrole nitrogens is 1. The van der Waals surface area contributed by atoms with Crippen molar-refractivity contribution in [2.45, 2.75) is 12.1 Å². The molecular formula is C10H4F5NO3. The molecule has 0 aliphatic heterocycles. The number of ketones is 1. The molecule has 9 heteroatoms. The standard InChI is InChI=1S/C10H4F5NO3/c11-9(12,10(13,14)15)7(17)4-1-2-5-6(3-4)19-8(18)16-5/h1-3H,(H,16,18). The van der Waals surface area contributed by atoms with Gasteiger partial charge >= 0.3 is 17.9 Å². The molecule has 0 fully saturated rings. The first-order valence-electron chi connectivity index (χ1n) is 4.75. The van der Waals surface area contributed by atoms with Crippen LogP contribution in [0.5, 0.6) is 0 Å². The van der Waals surface area contributed by atoms with Crippen molar-refractivity contribution >= 4 is 16.9 Å². The molecule has 0 atom stereocenters. The third-order valence-corrected chi connectivity index (χ3v) is 2.32. The first kappa shape index (κ1) is 13.2. The number of Topliss-reactive ketones (excluding diaryl/α,β-unsaturated/α-hetero) is 1. The average molecular weight is 281 g/mol. The van der Waals surface area contributed by atoms with Gasteiger partial charge in [0.1, 0.15) is 0 Å². The van der Waals surface area contributed by atoms with Crippen molar-refractivity contribution in [2.75, 3.05) is 0 Å². The highest BCUT2D eigenvalue weighted by Crippen LogP contribution is 2.38. The quantitative estimate of drug-likeness (QED) is 0.679. The van der Waals surface area contributed by atoms with Crippen LogP contribution < -0.4 is 5.76 Å². The molecule has 0 radical (unpaired) electrons. The summed E-state index contributed by atoms with van der Waals surface area (Å²) in [5.41, 5.74) is -1.11. The van der Waals surface area contributed by atoms with Gasteiger partial charge in [0.2, 0.25) is 5.78 Å². The van der Waals surface area contributed by atoms with E-state index >= 15 is 0 Å². The van der Waals surface area contributed by atoms with Crippen LogP contribution >= 0.6 is 0 Å². The first-order valence-corrected chi connectivity index (χ1v) is 4.75. The second-order valence-electron chi connectivity index (χ2n) is 3.63. The van der Waals surface area contributed by atoms with Crippen LogP contribution in [-0.4, -0.2) is 22.9 Å². The SMILES string of the molecule is O=C(c1ccc2[nH]c(=O)oc2c1)C(F)(F)C(F)(F)F. The Labute approximate surface area is 100 Å². The Morgan fingerprint density at radius 3 is 2.37 bits per heavy atom. The zero-order chi connectivity index (χ0) is 14.4. The number of aromatic amines is 1. The summed E-state index contributed by atoms with van der Waals surface area (Å²) in [7, 11) is 0. The number of halogens is 5. The van der Waals surface area contributed by atoms with Gasteiger partial charge in [-0.05, 0) is 18.2 Å². The molecule has 1 N–H and O–H groups in total. The molecule has 0 amide bonds. The van der Waals surface area contributed by atoms with Gasteiger partial charge in [0, 0.05) is 5.56 Å². The number of nitrogens with one attached hydrogen (secondary N) is 1. The molecule has 2 rings (SSSR count). The third-order valence-electron chi connectivity index (χ3n) is 2.32. The normalized spacial score (nSPS) is 12.9. The van der Waals surface area contributed by atoms with Gasteiger partial charge in [-0.2, -0.15) is 22.0 Å². The van der Waals surface area contributed by atoms with Crippen LogP contribution in [0.3, 0.4) is 0 Å². The molecule has 0 aliphatic carbocycles. The van der Waals surface area contributed by atoms with Gasteiger partial charge in [0.15, 0.2) is 5.58 Å². The van der Waals surface area contributed by atoms with Gasteiger partial charge in [-0.25, -0.2) is 4.79 Å². The molecule has 102 valence electrons. The zero-order valence-corrected chi connectivity index (χ0v) is 8.85. The van der Waals surface area contributed by atoms with Gasteiger partial charge in [0.25, 0.3) is 0 Å². The molecular weight excluding hydrogens is 277 g/mol. The summed E-state index contributed by atoms with van der Waals surface area (Å²) < 4.78 is 66.3. The molecule has 0 saturated heterocycles. The lowest BCUT2D eigenvalue weighted by molar-refractivity contribution is -0.255. The maximum atomic E-state index is 12.8. The van der Waals surface area contributed by atoms with E-state index in [1.54, 1.807) is 0 Å². The summed E-state index contributed by atoms with van der Waals surface area (Å²) in [6.07, 6.45) is -5.99. The number of fused-ring (bicyclic) bond motifs is 1. The van der Waals surface area contributed by atoms with E-state index in [1.807, 2.05) is 0 Å². The minimum absolute atomic E-state index is 0.0804. The summed E-state index contributed by atoms with van der Waals surface area (Å²) in [5.74, 6) is -8.83. The topological polar surface area (TPSA) is 63.1 Å². The van der Waals surface area contributed by atoms with Gasteiger partial charge in [-0.1, -0.05) is 0 Å². The fourth-order valence-corrected chi connectivity index (χ4v) is 1.40. The molecule has 0 unspecified atom stereocenters. The molecule has 0 aliphatic rings. The minimum Gasteiger partial charge on any atom is -0.408 e. The number of aromatic nitrogens is 1. The lowest BCUT2D eigenvalue weighted by Crippen LogP contribution is -2.44. The van der Waals surface area contributed by atoms with E-state index in [4.69, 9.17) is 0 Å². The Morgan fingerprint density at radius 2 is 1.79 bits per heavy atom. The number of hydrogen-bond acceptors (Lipinski definition) is 3. The molecule has 0 saturated carbocycles. The minimum atomic E-state index is -5.99. The van der Waals surface area contributed by atoms with Crippen LogP contribution in [0.25, 0.3) is 11.1 Å². The Morgan fingerprint density at radius 1 is 1.16 bits per heavy atom. The number of rotatable bonds is 2. The van der Waals surface area contributed by atoms with Crippen LogP contribution in [-0.2, 0) is 0 Å². The van der Waals surface area contributed by atoms with Crippen molar-refractivity contribution in [1.82, 2.24) is 4.98 Å². The highest BCUT2D eigenvalue weighted by Gasteiger charge is 2.63. The van der Waals surface area contributed by atoms with Gasteiger partial charge in [0.05, 0.1) is 5.52 Å². The molecule has 0 bridgehead atoms. The Kier molecular flexibility index (Phi) is 2.72. The summed E-state index contributed by atoms with van der Waals surface area (Å²) >= 11 is 0. The van der Waals surface area contributed by atoms with Crippen LogP contribution in [0.2, 0.25) is 0 Å². The lowest BCUT2D eigenvalue weighted by Gasteiger charge is -2.17. The van der Waals surface area contributed by atoms with Crippen LogP contribution in [0.4, 0.5) is 22.0 Å². The first-order chi connectivity index (χ1) is 8.63. The Balaban J connectivity index is 2.50. The van der Waals surface area contributed by atoms with E-state index in [2.05, 4.69) is 9.40 Å². The number of hydrogen-bond donors (Lipinski definition) is 1. The maximum absolute atomic E-state index is 12.8. The van der Waals surface area contributed by atoms with E-state index in [-0.39, 0.29) is 11.1 Å². The van der Waals surface area contributed by atoms with Crippen molar-refractivity contribution < 1.29 is 31.2 Å². The molecule has 0 spiro atoms. The summed E-state index contributed by atoms with van der Waals surface area (Å²) in [4.78, 5) is 24.1. The molecule has 19 heavy (non-hydrogen) atoms. The van der Waals surface area contributed by atoms with E-state index in [9.17, 15) is 31.5 Å². The van der Waals surface area contributed by atoms with Crippen molar-refractivity contribution in [3.8, 4) is 0 Å². The number of benzene rings is 1. The number of alkyl halides is 5. The molecule has 2 aromatic rings. The summed E-state index contributed by atoms with van der Waals surface area (Å²) in [6.45, 7) is 0. The predicted molar refractivity (Wildman–Crippen MR) is 52.2 cm³/mol. The van der Waals surface area contributed by atoms with Crippen LogP contribution in [0, 0.1) is 0 Å². The Bertz CT molecular complexity index is 697. The average Bonchev–Trinajstić information content (AvgIpc) is 2.65. The summed E-state index contributed by atoms with van der Waals surface area (Å²) in [5, 5.41) is 0. The second-order valence-corrected chi connectivity index (χ2v) is 3.63. The smallest absolute Gasteiger partial charge is 0.408 e. The highest BCUT2D eigenvalue weighted by molar-refractivity contribution is 6.03. The van der Waals surface area contributed by atoms with E-state index < -0.39 is 29.2 Å². The lowest BCUT2D eigenvalue weighted by atomic mass is 10.0. The fraction of sp³-hybridized carbons (Fsp3) is 0.200. The predicted octanol–water partition coefficient (Wildman–Crippen LogP) is 2.50. The number of carbonyl (C=O) groups excluding carboxylic acids is 1. The number of carbonyl (C=O) groups is 1. The van der Waals surface area contributed by atoms with E-state index in [1.165, 1.54) is 0 Å². The number of oxazole rings is 1. The Hall–Kier alpha value is -2.19. The van der Waals surface area contributed by atoms with Crippen LogP contribution in [0.1, 0.15) is 10.4 Å². The third kappa shape index (κ3) is 2.11. The van der Waals surface area contributed by atoms with Crippen molar-refractivity contribution in [2.24, 2.45) is 0 Å². The summed E-state index contributed by atoms with van der Waals surface area (Å²) in [6, 6.07) is 2.39. The largest absolute Gasteiger partial charge is 0.461 e. The van der Waals surface area contributed by atoms with E-state index in [0.717, 1.165) is 12.1 Å². The molecule has 1 aromatic heterocycles. The van der Waals surface area contributed by atoms with Crippen molar-refractivity contribution in [3.05, 3.63) is 34.3 Å². The molecule has 4 nitrogen and oxygen atoms in total. The zero-order valence-electron chi connectivity index (χ0n) is 8.85. The fourth-order valence-electron chi connectivity index (χ4n) is 1.40. The van der Waals surface area contributed by atoms with Gasteiger partial charge < -0.3 is 4.42 Å². The van der Waals surface area contributed by atoms with Crippen molar-refractivity contribution in [3.63, 3.8) is 0 Å². The second kappa shape index (κ2) is 3.90. The van der Waals surface area contributed by atoms with Gasteiger partial charge in [-0.15, -0.1) is 0 Å². The monoisotopic (exact) mass is 281 g/mol.